The van der Waals surface area contributed by atoms with Gasteiger partial charge in [0, 0.05) is 18.8 Å². The summed E-state index contributed by atoms with van der Waals surface area (Å²) in [7, 11) is 2.01. The molecule has 3 aromatic rings. The number of imidazole rings is 1. The molecule has 1 aromatic heterocycles. The van der Waals surface area contributed by atoms with Crippen LogP contribution in [0.25, 0.3) is 22.4 Å². The van der Waals surface area contributed by atoms with Crippen LogP contribution in [0.15, 0.2) is 61.1 Å². The summed E-state index contributed by atoms with van der Waals surface area (Å²) >= 11 is 0. The molecule has 2 aromatic carbocycles. The van der Waals surface area contributed by atoms with Crippen molar-refractivity contribution in [3.63, 3.8) is 0 Å². The van der Waals surface area contributed by atoms with E-state index < -0.39 is 0 Å². The Bertz CT molecular complexity index is 739. The van der Waals surface area contributed by atoms with Crippen LogP contribution in [-0.2, 0) is 7.05 Å². The summed E-state index contributed by atoms with van der Waals surface area (Å²) < 4.78 is 1.99. The van der Waals surface area contributed by atoms with E-state index in [9.17, 15) is 0 Å². The third kappa shape index (κ3) is 2.75. The molecule has 0 fully saturated rings. The first-order valence-corrected chi connectivity index (χ1v) is 7.33. The maximum absolute atomic E-state index is 4.53. The number of aryl methyl sites for hydroxylation is 1. The Balaban J connectivity index is 2.15. The third-order valence-electron chi connectivity index (χ3n) is 3.76. The summed E-state index contributed by atoms with van der Waals surface area (Å²) in [4.78, 5) is 4.53. The van der Waals surface area contributed by atoms with Crippen LogP contribution in [-0.4, -0.2) is 9.55 Å². The van der Waals surface area contributed by atoms with Gasteiger partial charge >= 0.3 is 0 Å². The van der Waals surface area contributed by atoms with Crippen molar-refractivity contribution in [1.82, 2.24) is 9.55 Å². The lowest BCUT2D eigenvalue weighted by atomic mass is 9.92. The molecule has 0 aliphatic heterocycles. The molecule has 3 rings (SSSR count). The van der Waals surface area contributed by atoms with Gasteiger partial charge in [-0.1, -0.05) is 56.3 Å². The van der Waals surface area contributed by atoms with Crippen molar-refractivity contribution >= 4 is 0 Å². The highest BCUT2D eigenvalue weighted by atomic mass is 15.0. The smallest absolute Gasteiger partial charge is 0.0951 e. The molecule has 21 heavy (non-hydrogen) atoms. The Hall–Kier alpha value is -2.35. The van der Waals surface area contributed by atoms with Crippen LogP contribution in [0.2, 0.25) is 0 Å². The monoisotopic (exact) mass is 276 g/mol. The van der Waals surface area contributed by atoms with Crippen molar-refractivity contribution in [2.45, 2.75) is 19.8 Å². The standard InChI is InChI=1S/C19H20N2/c1-14(2)17-10-9-16(15-7-5-4-6-8-15)11-18(17)19-12-21(3)13-20-19/h4-14H,1-3H3. The Morgan fingerprint density at radius 1 is 0.952 bits per heavy atom. The molecule has 0 bridgehead atoms. The average Bonchev–Trinajstić information content (AvgIpc) is 2.94. The zero-order chi connectivity index (χ0) is 14.8. The van der Waals surface area contributed by atoms with Crippen LogP contribution in [0.4, 0.5) is 0 Å². The Labute approximate surface area is 126 Å². The van der Waals surface area contributed by atoms with Crippen molar-refractivity contribution < 1.29 is 0 Å². The van der Waals surface area contributed by atoms with Gasteiger partial charge < -0.3 is 4.57 Å². The van der Waals surface area contributed by atoms with Crippen molar-refractivity contribution in [2.75, 3.05) is 0 Å². The van der Waals surface area contributed by atoms with Gasteiger partial charge in [-0.3, -0.25) is 0 Å². The lowest BCUT2D eigenvalue weighted by Crippen LogP contribution is -1.94. The molecule has 2 nitrogen and oxygen atoms in total. The molecule has 0 saturated carbocycles. The highest BCUT2D eigenvalue weighted by Gasteiger charge is 2.12. The summed E-state index contributed by atoms with van der Waals surface area (Å²) in [6.45, 7) is 4.45. The fourth-order valence-corrected chi connectivity index (χ4v) is 2.64. The zero-order valence-electron chi connectivity index (χ0n) is 12.7. The van der Waals surface area contributed by atoms with E-state index in [4.69, 9.17) is 0 Å². The minimum Gasteiger partial charge on any atom is -0.340 e. The van der Waals surface area contributed by atoms with Crippen molar-refractivity contribution in [3.8, 4) is 22.4 Å². The molecule has 0 atom stereocenters. The van der Waals surface area contributed by atoms with Gasteiger partial charge in [-0.2, -0.15) is 0 Å². The average molecular weight is 276 g/mol. The van der Waals surface area contributed by atoms with Crippen LogP contribution in [0.5, 0.6) is 0 Å². The fourth-order valence-electron chi connectivity index (χ4n) is 2.64. The summed E-state index contributed by atoms with van der Waals surface area (Å²) in [6, 6.07) is 17.2. The molecular weight excluding hydrogens is 256 g/mol. The van der Waals surface area contributed by atoms with E-state index in [1.807, 2.05) is 24.0 Å². The third-order valence-corrected chi connectivity index (χ3v) is 3.76. The van der Waals surface area contributed by atoms with Gasteiger partial charge in [0.2, 0.25) is 0 Å². The molecule has 0 radical (unpaired) electrons. The van der Waals surface area contributed by atoms with Crippen LogP contribution < -0.4 is 0 Å². The predicted octanol–water partition coefficient (Wildman–Crippen LogP) is 4.88. The zero-order valence-corrected chi connectivity index (χ0v) is 12.7. The number of aromatic nitrogens is 2. The van der Waals surface area contributed by atoms with Gasteiger partial charge in [0.1, 0.15) is 0 Å². The number of hydrogen-bond acceptors (Lipinski definition) is 1. The number of rotatable bonds is 3. The Morgan fingerprint density at radius 2 is 1.71 bits per heavy atom. The van der Waals surface area contributed by atoms with Crippen LogP contribution in [0, 0.1) is 0 Å². The molecule has 0 aliphatic carbocycles. The van der Waals surface area contributed by atoms with E-state index in [2.05, 4.69) is 67.5 Å². The fraction of sp³-hybridized carbons (Fsp3) is 0.211. The lowest BCUT2D eigenvalue weighted by Gasteiger charge is -2.13. The second kappa shape index (κ2) is 5.57. The van der Waals surface area contributed by atoms with Crippen molar-refractivity contribution in [3.05, 3.63) is 66.6 Å². The van der Waals surface area contributed by atoms with E-state index in [0.29, 0.717) is 5.92 Å². The van der Waals surface area contributed by atoms with Gasteiger partial charge in [0.05, 0.1) is 12.0 Å². The normalized spacial score (nSPS) is 11.0. The van der Waals surface area contributed by atoms with Gasteiger partial charge in [0.25, 0.3) is 0 Å². The Morgan fingerprint density at radius 3 is 2.33 bits per heavy atom. The van der Waals surface area contributed by atoms with Gasteiger partial charge in [-0.15, -0.1) is 0 Å². The summed E-state index contributed by atoms with van der Waals surface area (Å²) in [5.74, 6) is 0.479. The first kappa shape index (κ1) is 13.6. The topological polar surface area (TPSA) is 17.8 Å². The highest BCUT2D eigenvalue weighted by Crippen LogP contribution is 2.32. The molecule has 0 N–H and O–H groups in total. The van der Waals surface area contributed by atoms with Crippen LogP contribution in [0.3, 0.4) is 0 Å². The van der Waals surface area contributed by atoms with E-state index in [1.54, 1.807) is 0 Å². The number of hydrogen-bond donors (Lipinski definition) is 0. The molecule has 0 amide bonds. The van der Waals surface area contributed by atoms with Gasteiger partial charge in [-0.05, 0) is 28.7 Å². The first-order chi connectivity index (χ1) is 10.1. The number of benzene rings is 2. The van der Waals surface area contributed by atoms with Gasteiger partial charge in [0.15, 0.2) is 0 Å². The van der Waals surface area contributed by atoms with Crippen molar-refractivity contribution in [2.24, 2.45) is 7.05 Å². The second-order valence-electron chi connectivity index (χ2n) is 5.75. The van der Waals surface area contributed by atoms with E-state index in [-0.39, 0.29) is 0 Å². The largest absolute Gasteiger partial charge is 0.340 e. The molecule has 1 heterocycles. The second-order valence-corrected chi connectivity index (χ2v) is 5.75. The quantitative estimate of drug-likeness (QED) is 0.667. The van der Waals surface area contributed by atoms with E-state index in [1.165, 1.54) is 22.3 Å². The summed E-state index contributed by atoms with van der Waals surface area (Å²) in [5, 5.41) is 0. The molecule has 0 saturated heterocycles. The van der Waals surface area contributed by atoms with Gasteiger partial charge in [-0.25, -0.2) is 4.98 Å². The minimum absolute atomic E-state index is 0.479. The molecule has 106 valence electrons. The predicted molar refractivity (Wildman–Crippen MR) is 88.2 cm³/mol. The van der Waals surface area contributed by atoms with E-state index >= 15 is 0 Å². The molecule has 0 aliphatic rings. The molecular formula is C19H20N2. The first-order valence-electron chi connectivity index (χ1n) is 7.33. The molecule has 0 unspecified atom stereocenters. The van der Waals surface area contributed by atoms with Crippen LogP contribution in [0.1, 0.15) is 25.3 Å². The highest BCUT2D eigenvalue weighted by molar-refractivity contribution is 5.74. The molecule has 2 heteroatoms. The van der Waals surface area contributed by atoms with Crippen molar-refractivity contribution in [1.29, 1.82) is 0 Å². The van der Waals surface area contributed by atoms with Crippen LogP contribution >= 0.6 is 0 Å². The number of nitrogens with zero attached hydrogens (tertiary/aromatic N) is 2. The Kier molecular flexibility index (Phi) is 3.61. The van der Waals surface area contributed by atoms with E-state index in [0.717, 1.165) is 5.69 Å². The maximum Gasteiger partial charge on any atom is 0.0951 e. The lowest BCUT2D eigenvalue weighted by molar-refractivity contribution is 0.868. The summed E-state index contributed by atoms with van der Waals surface area (Å²) in [5.41, 5.74) is 6.09. The summed E-state index contributed by atoms with van der Waals surface area (Å²) in [6.07, 6.45) is 3.94. The molecule has 0 spiro atoms. The SMILES string of the molecule is CC(C)c1ccc(-c2ccccc2)cc1-c1cn(C)cn1. The maximum atomic E-state index is 4.53. The minimum atomic E-state index is 0.479.